The van der Waals surface area contributed by atoms with Crippen LogP contribution in [0.15, 0.2) is 71.9 Å². The quantitative estimate of drug-likeness (QED) is 0.648. The molecule has 0 atom stereocenters. The lowest BCUT2D eigenvalue weighted by Gasteiger charge is -2.10. The number of thiazole rings is 1. The molecule has 0 radical (unpaired) electrons. The van der Waals surface area contributed by atoms with Crippen LogP contribution in [0.3, 0.4) is 0 Å². The lowest BCUT2D eigenvalue weighted by molar-refractivity contribution is -0.113. The van der Waals surface area contributed by atoms with E-state index in [-0.39, 0.29) is 11.6 Å². The molecule has 0 fully saturated rings. The normalized spacial score (nSPS) is 11.0. The zero-order valence-corrected chi connectivity index (χ0v) is 15.1. The Balaban J connectivity index is 1.86. The molecule has 7 heteroatoms. The van der Waals surface area contributed by atoms with E-state index in [2.05, 4.69) is 15.6 Å². The topological polar surface area (TPSA) is 71.1 Å². The summed E-state index contributed by atoms with van der Waals surface area (Å²) in [5.74, 6) is -0.834. The highest BCUT2D eigenvalue weighted by Gasteiger charge is 2.15. The van der Waals surface area contributed by atoms with Gasteiger partial charge in [0.1, 0.15) is 5.70 Å². The maximum atomic E-state index is 12.6. The van der Waals surface area contributed by atoms with Gasteiger partial charge in [-0.1, -0.05) is 41.9 Å². The Labute approximate surface area is 159 Å². The highest BCUT2D eigenvalue weighted by atomic mass is 35.5. The van der Waals surface area contributed by atoms with Crippen LogP contribution < -0.4 is 10.6 Å². The predicted octanol–water partition coefficient (Wildman–Crippen LogP) is 4.21. The SMILES string of the molecule is O=C(Nc1nccs1)/C(=C/c1ccc(Cl)cc1)NC(=O)c1ccccc1. The van der Waals surface area contributed by atoms with E-state index >= 15 is 0 Å². The van der Waals surface area contributed by atoms with E-state index in [0.717, 1.165) is 5.56 Å². The molecule has 0 unspecified atom stereocenters. The van der Waals surface area contributed by atoms with Gasteiger partial charge in [-0.2, -0.15) is 0 Å². The van der Waals surface area contributed by atoms with Crippen molar-refractivity contribution in [3.63, 3.8) is 0 Å². The summed E-state index contributed by atoms with van der Waals surface area (Å²) in [6, 6.07) is 15.6. The fraction of sp³-hybridized carbons (Fsp3) is 0. The van der Waals surface area contributed by atoms with Crippen molar-refractivity contribution in [2.75, 3.05) is 5.32 Å². The van der Waals surface area contributed by atoms with E-state index in [4.69, 9.17) is 11.6 Å². The summed E-state index contributed by atoms with van der Waals surface area (Å²) in [6.45, 7) is 0. The maximum Gasteiger partial charge on any atom is 0.273 e. The average molecular weight is 384 g/mol. The van der Waals surface area contributed by atoms with E-state index in [0.29, 0.717) is 15.7 Å². The van der Waals surface area contributed by atoms with Gasteiger partial charge in [0.2, 0.25) is 0 Å². The van der Waals surface area contributed by atoms with Crippen LogP contribution in [-0.2, 0) is 4.79 Å². The predicted molar refractivity (Wildman–Crippen MR) is 104 cm³/mol. The Hall–Kier alpha value is -2.96. The van der Waals surface area contributed by atoms with Crippen molar-refractivity contribution in [3.8, 4) is 0 Å². The van der Waals surface area contributed by atoms with Gasteiger partial charge in [-0.25, -0.2) is 4.98 Å². The molecule has 0 saturated carbocycles. The number of anilines is 1. The number of aromatic nitrogens is 1. The monoisotopic (exact) mass is 383 g/mol. The fourth-order valence-electron chi connectivity index (χ4n) is 2.12. The molecule has 5 nitrogen and oxygen atoms in total. The molecule has 3 aromatic rings. The minimum absolute atomic E-state index is 0.108. The fourth-order valence-corrected chi connectivity index (χ4v) is 2.77. The van der Waals surface area contributed by atoms with E-state index in [9.17, 15) is 9.59 Å². The molecule has 1 aromatic heterocycles. The minimum atomic E-state index is -0.459. The number of carbonyl (C=O) groups is 2. The summed E-state index contributed by atoms with van der Waals surface area (Å²) in [6.07, 6.45) is 3.17. The van der Waals surface area contributed by atoms with E-state index in [1.54, 1.807) is 66.2 Å². The van der Waals surface area contributed by atoms with Gasteiger partial charge in [0, 0.05) is 22.2 Å². The first-order chi connectivity index (χ1) is 12.6. The molecule has 0 aliphatic carbocycles. The Morgan fingerprint density at radius 2 is 1.77 bits per heavy atom. The summed E-state index contributed by atoms with van der Waals surface area (Å²) < 4.78 is 0. The number of carbonyl (C=O) groups excluding carboxylic acids is 2. The largest absolute Gasteiger partial charge is 0.317 e. The standard InChI is InChI=1S/C19H14ClN3O2S/c20-15-8-6-13(7-9-15)12-16(18(25)23-19-21-10-11-26-19)22-17(24)14-4-2-1-3-5-14/h1-12H,(H,22,24)(H,21,23,25)/b16-12-. The first-order valence-electron chi connectivity index (χ1n) is 7.66. The van der Waals surface area contributed by atoms with Gasteiger partial charge in [0.15, 0.2) is 5.13 Å². The Kier molecular flexibility index (Phi) is 5.78. The molecule has 0 spiro atoms. The van der Waals surface area contributed by atoms with Crippen LogP contribution in [0.25, 0.3) is 6.08 Å². The summed E-state index contributed by atoms with van der Waals surface area (Å²) in [4.78, 5) is 29.1. The van der Waals surface area contributed by atoms with Crippen LogP contribution in [-0.4, -0.2) is 16.8 Å². The maximum absolute atomic E-state index is 12.6. The smallest absolute Gasteiger partial charge is 0.273 e. The second-order valence-corrected chi connectivity index (χ2v) is 6.55. The number of hydrogen-bond donors (Lipinski definition) is 2. The van der Waals surface area contributed by atoms with Gasteiger partial charge in [0.05, 0.1) is 0 Å². The van der Waals surface area contributed by atoms with Crippen LogP contribution in [0.4, 0.5) is 5.13 Å². The lowest BCUT2D eigenvalue weighted by atomic mass is 10.1. The Morgan fingerprint density at radius 1 is 1.04 bits per heavy atom. The molecule has 3 rings (SSSR count). The third-order valence-corrected chi connectivity index (χ3v) is 4.30. The van der Waals surface area contributed by atoms with Gasteiger partial charge < -0.3 is 5.32 Å². The van der Waals surface area contributed by atoms with Crippen LogP contribution in [0.2, 0.25) is 5.02 Å². The Morgan fingerprint density at radius 3 is 2.42 bits per heavy atom. The molecule has 130 valence electrons. The third kappa shape index (κ3) is 4.78. The molecule has 1 heterocycles. The summed E-state index contributed by atoms with van der Waals surface area (Å²) in [5, 5.41) is 8.12. The van der Waals surface area contributed by atoms with Gasteiger partial charge >= 0.3 is 0 Å². The summed E-state index contributed by atoms with van der Waals surface area (Å²) >= 11 is 7.19. The first kappa shape index (κ1) is 17.8. The van der Waals surface area contributed by atoms with Crippen molar-refractivity contribution < 1.29 is 9.59 Å². The molecule has 2 N–H and O–H groups in total. The summed E-state index contributed by atoms with van der Waals surface area (Å²) in [5.41, 5.74) is 1.29. The number of nitrogens with zero attached hydrogens (tertiary/aromatic N) is 1. The van der Waals surface area contributed by atoms with E-state index < -0.39 is 5.91 Å². The average Bonchev–Trinajstić information content (AvgIpc) is 3.16. The number of halogens is 1. The zero-order chi connectivity index (χ0) is 18.4. The number of hydrogen-bond acceptors (Lipinski definition) is 4. The number of rotatable bonds is 5. The Bertz CT molecular complexity index is 923. The molecule has 0 saturated heterocycles. The van der Waals surface area contributed by atoms with Crippen molar-refractivity contribution in [3.05, 3.63) is 88.0 Å². The number of amides is 2. The van der Waals surface area contributed by atoms with Crippen molar-refractivity contribution in [1.82, 2.24) is 10.3 Å². The van der Waals surface area contributed by atoms with Gasteiger partial charge in [0.25, 0.3) is 11.8 Å². The molecular formula is C19H14ClN3O2S. The summed E-state index contributed by atoms with van der Waals surface area (Å²) in [7, 11) is 0. The third-order valence-electron chi connectivity index (χ3n) is 3.36. The highest BCUT2D eigenvalue weighted by Crippen LogP contribution is 2.15. The van der Waals surface area contributed by atoms with Crippen molar-refractivity contribution in [2.45, 2.75) is 0 Å². The lowest BCUT2D eigenvalue weighted by Crippen LogP contribution is -2.30. The number of nitrogens with one attached hydrogen (secondary N) is 2. The zero-order valence-electron chi connectivity index (χ0n) is 13.5. The molecule has 26 heavy (non-hydrogen) atoms. The van der Waals surface area contributed by atoms with Crippen molar-refractivity contribution in [2.24, 2.45) is 0 Å². The minimum Gasteiger partial charge on any atom is -0.317 e. The van der Waals surface area contributed by atoms with Crippen molar-refractivity contribution in [1.29, 1.82) is 0 Å². The highest BCUT2D eigenvalue weighted by molar-refractivity contribution is 7.13. The van der Waals surface area contributed by atoms with E-state index in [1.807, 2.05) is 6.07 Å². The molecule has 0 bridgehead atoms. The van der Waals surface area contributed by atoms with E-state index in [1.165, 1.54) is 11.3 Å². The van der Waals surface area contributed by atoms with Gasteiger partial charge in [-0.05, 0) is 35.9 Å². The molecule has 0 aliphatic rings. The first-order valence-corrected chi connectivity index (χ1v) is 8.92. The number of benzene rings is 2. The van der Waals surface area contributed by atoms with Crippen molar-refractivity contribution >= 4 is 46.0 Å². The van der Waals surface area contributed by atoms with Gasteiger partial charge in [-0.15, -0.1) is 11.3 Å². The van der Waals surface area contributed by atoms with Crippen LogP contribution in [0, 0.1) is 0 Å². The second kappa shape index (κ2) is 8.42. The molecular weight excluding hydrogens is 370 g/mol. The van der Waals surface area contributed by atoms with Crippen LogP contribution in [0.5, 0.6) is 0 Å². The van der Waals surface area contributed by atoms with Crippen LogP contribution >= 0.6 is 22.9 Å². The molecule has 2 aromatic carbocycles. The molecule has 0 aliphatic heterocycles. The van der Waals surface area contributed by atoms with Gasteiger partial charge in [-0.3, -0.25) is 14.9 Å². The van der Waals surface area contributed by atoms with Crippen LogP contribution in [0.1, 0.15) is 15.9 Å². The second-order valence-electron chi connectivity index (χ2n) is 5.22. The molecule has 2 amide bonds.